The van der Waals surface area contributed by atoms with Crippen LogP contribution in [0.1, 0.15) is 34.7 Å². The quantitative estimate of drug-likeness (QED) is 0.474. The van der Waals surface area contributed by atoms with E-state index in [9.17, 15) is 19.5 Å². The molecule has 8 nitrogen and oxygen atoms in total. The van der Waals surface area contributed by atoms with Gasteiger partial charge in [-0.2, -0.15) is 0 Å². The van der Waals surface area contributed by atoms with Crippen LogP contribution in [-0.2, 0) is 31.9 Å². The van der Waals surface area contributed by atoms with Crippen LogP contribution in [0, 0.1) is 6.92 Å². The van der Waals surface area contributed by atoms with E-state index in [4.69, 9.17) is 4.74 Å². The van der Waals surface area contributed by atoms with Crippen LogP contribution in [0.15, 0.2) is 58.1 Å². The molecule has 0 radical (unpaired) electrons. The number of pyridine rings is 1. The predicted molar refractivity (Wildman–Crippen MR) is 128 cm³/mol. The molecule has 0 amide bonds. The summed E-state index contributed by atoms with van der Waals surface area (Å²) < 4.78 is 10.3. The van der Waals surface area contributed by atoms with Crippen molar-refractivity contribution in [1.29, 1.82) is 0 Å². The summed E-state index contributed by atoms with van der Waals surface area (Å²) in [7, 11) is 3.42. The van der Waals surface area contributed by atoms with Gasteiger partial charge in [0.15, 0.2) is 0 Å². The summed E-state index contributed by atoms with van der Waals surface area (Å²) >= 11 is 0. The zero-order valence-electron chi connectivity index (χ0n) is 19.2. The van der Waals surface area contributed by atoms with Gasteiger partial charge in [-0.25, -0.2) is 4.79 Å². The number of aromatic hydroxyl groups is 1. The fraction of sp³-hybridized carbons (Fsp3) is 0.269. The standard InChI is InChI=1S/C26H25N3O5/c1-15-12-22-24(25(32)29(15)11-10-16-4-7-18(30)8-5-16)19(14-23(31)34-22)17-6-9-20-21(13-17)28(3)26(33)27(20)2/h4-9,12-13,19,30H,10-11,14H2,1-3H3/t19-/m0/s1. The highest BCUT2D eigenvalue weighted by atomic mass is 16.5. The normalized spacial score (nSPS) is 15.4. The highest BCUT2D eigenvalue weighted by Crippen LogP contribution is 2.37. The lowest BCUT2D eigenvalue weighted by Crippen LogP contribution is -2.33. The fourth-order valence-electron chi connectivity index (χ4n) is 4.80. The van der Waals surface area contributed by atoms with E-state index in [-0.39, 0.29) is 29.4 Å². The maximum Gasteiger partial charge on any atom is 0.328 e. The second-order valence-electron chi connectivity index (χ2n) is 8.82. The molecule has 0 saturated heterocycles. The second kappa shape index (κ2) is 8.06. The van der Waals surface area contributed by atoms with Crippen molar-refractivity contribution in [3.63, 3.8) is 0 Å². The van der Waals surface area contributed by atoms with Gasteiger partial charge in [0.1, 0.15) is 11.5 Å². The number of aromatic nitrogens is 3. The van der Waals surface area contributed by atoms with Gasteiger partial charge in [0.2, 0.25) is 0 Å². The van der Waals surface area contributed by atoms with E-state index in [1.165, 1.54) is 0 Å². The smallest absolute Gasteiger partial charge is 0.328 e. The van der Waals surface area contributed by atoms with Crippen molar-refractivity contribution in [2.45, 2.75) is 32.2 Å². The molecule has 3 heterocycles. The van der Waals surface area contributed by atoms with Gasteiger partial charge in [0, 0.05) is 38.3 Å². The van der Waals surface area contributed by atoms with Crippen LogP contribution in [0.4, 0.5) is 0 Å². The molecule has 0 saturated carbocycles. The summed E-state index contributed by atoms with van der Waals surface area (Å²) in [6.07, 6.45) is 0.665. The van der Waals surface area contributed by atoms with Gasteiger partial charge in [-0.3, -0.25) is 18.7 Å². The Morgan fingerprint density at radius 2 is 1.68 bits per heavy atom. The summed E-state index contributed by atoms with van der Waals surface area (Å²) in [6, 6.07) is 14.3. The third kappa shape index (κ3) is 3.51. The number of carbonyl (C=O) groups excluding carboxylic acids is 1. The first-order valence-electron chi connectivity index (χ1n) is 11.1. The predicted octanol–water partition coefficient (Wildman–Crippen LogP) is 2.74. The molecule has 8 heteroatoms. The van der Waals surface area contributed by atoms with Crippen LogP contribution in [0.3, 0.4) is 0 Å². The van der Waals surface area contributed by atoms with Gasteiger partial charge in [0.05, 0.1) is 23.0 Å². The molecule has 0 fully saturated rings. The second-order valence-corrected chi connectivity index (χ2v) is 8.82. The van der Waals surface area contributed by atoms with E-state index in [2.05, 4.69) is 0 Å². The van der Waals surface area contributed by atoms with E-state index in [0.29, 0.717) is 30.0 Å². The zero-order chi connectivity index (χ0) is 24.1. The molecular weight excluding hydrogens is 434 g/mol. The molecular formula is C26H25N3O5. The Hall–Kier alpha value is -4.07. The van der Waals surface area contributed by atoms with Crippen LogP contribution in [0.2, 0.25) is 0 Å². The number of carbonyl (C=O) groups is 1. The van der Waals surface area contributed by atoms with Crippen molar-refractivity contribution < 1.29 is 14.6 Å². The van der Waals surface area contributed by atoms with E-state index in [1.54, 1.807) is 46.0 Å². The highest BCUT2D eigenvalue weighted by Gasteiger charge is 2.33. The van der Waals surface area contributed by atoms with Crippen molar-refractivity contribution >= 4 is 17.0 Å². The Bertz CT molecular complexity index is 1560. The summed E-state index contributed by atoms with van der Waals surface area (Å²) in [5.41, 5.74) is 4.15. The summed E-state index contributed by atoms with van der Waals surface area (Å²) in [5.74, 6) is -0.362. The lowest BCUT2D eigenvalue weighted by Gasteiger charge is -2.26. The molecule has 0 aliphatic carbocycles. The summed E-state index contributed by atoms with van der Waals surface area (Å²) in [4.78, 5) is 38.4. The average Bonchev–Trinajstić information content (AvgIpc) is 3.03. The topological polar surface area (TPSA) is 95.5 Å². The SMILES string of the molecule is Cc1cc2c(c(=O)n1CCc1ccc(O)cc1)[C@H](c1ccc3c(c1)n(C)c(=O)n3C)CC(=O)O2. The Labute approximate surface area is 195 Å². The number of esters is 1. The number of benzene rings is 2. The molecule has 174 valence electrons. The zero-order valence-corrected chi connectivity index (χ0v) is 19.2. The Kier molecular flexibility index (Phi) is 5.16. The molecule has 2 aromatic heterocycles. The maximum absolute atomic E-state index is 13.7. The first-order chi connectivity index (χ1) is 16.2. The molecule has 1 atom stereocenters. The summed E-state index contributed by atoms with van der Waals surface area (Å²) in [5, 5.41) is 9.50. The lowest BCUT2D eigenvalue weighted by atomic mass is 9.86. The average molecular weight is 460 g/mol. The number of hydrogen-bond donors (Lipinski definition) is 1. The number of imidazole rings is 1. The number of ether oxygens (including phenoxy) is 1. The molecule has 1 aliphatic heterocycles. The van der Waals surface area contributed by atoms with Crippen LogP contribution in [0.5, 0.6) is 11.5 Å². The molecule has 0 unspecified atom stereocenters. The van der Waals surface area contributed by atoms with Gasteiger partial charge in [0.25, 0.3) is 5.56 Å². The minimum Gasteiger partial charge on any atom is -0.508 e. The van der Waals surface area contributed by atoms with E-state index in [1.807, 2.05) is 37.3 Å². The van der Waals surface area contributed by atoms with Crippen LogP contribution in [-0.4, -0.2) is 24.8 Å². The number of phenolic OH excluding ortho intramolecular Hbond substituents is 1. The Morgan fingerprint density at radius 3 is 2.41 bits per heavy atom. The first-order valence-corrected chi connectivity index (χ1v) is 11.1. The minimum atomic E-state index is -0.469. The number of rotatable bonds is 4. The number of phenols is 1. The van der Waals surface area contributed by atoms with Gasteiger partial charge < -0.3 is 14.4 Å². The van der Waals surface area contributed by atoms with Gasteiger partial charge in [-0.15, -0.1) is 0 Å². The van der Waals surface area contributed by atoms with E-state index in [0.717, 1.165) is 22.2 Å². The number of nitrogens with zero attached hydrogens (tertiary/aromatic N) is 3. The van der Waals surface area contributed by atoms with Gasteiger partial charge in [-0.1, -0.05) is 18.2 Å². The molecule has 1 aliphatic rings. The number of hydrogen-bond acceptors (Lipinski definition) is 5. The van der Waals surface area contributed by atoms with Gasteiger partial charge >= 0.3 is 11.7 Å². The molecule has 4 aromatic rings. The van der Waals surface area contributed by atoms with E-state index < -0.39 is 5.92 Å². The van der Waals surface area contributed by atoms with Crippen molar-refractivity contribution in [2.24, 2.45) is 14.1 Å². The molecule has 5 rings (SSSR count). The molecule has 0 spiro atoms. The van der Waals surface area contributed by atoms with E-state index >= 15 is 0 Å². The molecule has 0 bridgehead atoms. The van der Waals surface area contributed by atoms with Crippen molar-refractivity contribution in [3.05, 3.63) is 91.8 Å². The van der Waals surface area contributed by atoms with Gasteiger partial charge in [-0.05, 0) is 48.7 Å². The fourth-order valence-corrected chi connectivity index (χ4v) is 4.80. The lowest BCUT2D eigenvalue weighted by molar-refractivity contribution is -0.135. The summed E-state index contributed by atoms with van der Waals surface area (Å²) in [6.45, 7) is 2.28. The largest absolute Gasteiger partial charge is 0.508 e. The molecule has 34 heavy (non-hydrogen) atoms. The van der Waals surface area contributed by atoms with Crippen molar-refractivity contribution in [3.8, 4) is 11.5 Å². The van der Waals surface area contributed by atoms with Crippen LogP contribution < -0.4 is 16.0 Å². The molecule has 1 N–H and O–H groups in total. The van der Waals surface area contributed by atoms with Crippen LogP contribution in [0.25, 0.3) is 11.0 Å². The Morgan fingerprint density at radius 1 is 0.971 bits per heavy atom. The monoisotopic (exact) mass is 459 g/mol. The Balaban J connectivity index is 1.59. The highest BCUT2D eigenvalue weighted by molar-refractivity contribution is 5.80. The third-order valence-electron chi connectivity index (χ3n) is 6.71. The third-order valence-corrected chi connectivity index (χ3v) is 6.71. The van der Waals surface area contributed by atoms with Crippen LogP contribution >= 0.6 is 0 Å². The number of aryl methyl sites for hydroxylation is 4. The number of fused-ring (bicyclic) bond motifs is 2. The maximum atomic E-state index is 13.7. The van der Waals surface area contributed by atoms with Crippen molar-refractivity contribution in [2.75, 3.05) is 0 Å². The van der Waals surface area contributed by atoms with Crippen molar-refractivity contribution in [1.82, 2.24) is 13.7 Å². The first kappa shape index (κ1) is 21.8. The molecule has 2 aromatic carbocycles. The minimum absolute atomic E-state index is 0.0511.